The number of aromatic nitrogens is 4. The van der Waals surface area contributed by atoms with E-state index in [0.717, 1.165) is 25.7 Å². The van der Waals surface area contributed by atoms with E-state index < -0.39 is 22.2 Å². The molecule has 0 amide bonds. The van der Waals surface area contributed by atoms with E-state index in [1.54, 1.807) is 6.33 Å². The minimum atomic E-state index is -2.06. The summed E-state index contributed by atoms with van der Waals surface area (Å²) in [7, 11) is -4.07. The molecule has 2 aliphatic rings. The zero-order valence-corrected chi connectivity index (χ0v) is 25.3. The summed E-state index contributed by atoms with van der Waals surface area (Å²) < 4.78 is 23.3. The van der Waals surface area contributed by atoms with Crippen molar-refractivity contribution < 1.29 is 13.6 Å². The van der Waals surface area contributed by atoms with E-state index in [0.29, 0.717) is 17.0 Å². The number of nitrogen functional groups attached to an aromatic ring is 1. The van der Waals surface area contributed by atoms with Gasteiger partial charge in [-0.1, -0.05) is 41.5 Å². The maximum absolute atomic E-state index is 7.15. The van der Waals surface area contributed by atoms with Gasteiger partial charge in [-0.2, -0.15) is 0 Å². The molecule has 10 heteroatoms. The zero-order valence-electron chi connectivity index (χ0n) is 23.3. The Morgan fingerprint density at radius 1 is 0.971 bits per heavy atom. The maximum atomic E-state index is 7.15. The molecular formula is C25H45N5O3Si2. The average Bonchev–Trinajstić information content (AvgIpc) is 3.39. The van der Waals surface area contributed by atoms with Crippen molar-refractivity contribution in [2.45, 2.75) is 128 Å². The van der Waals surface area contributed by atoms with Crippen LogP contribution in [0.15, 0.2) is 12.7 Å². The van der Waals surface area contributed by atoms with Crippen LogP contribution in [0.1, 0.15) is 73.5 Å². The number of ether oxygens (including phenoxy) is 1. The summed E-state index contributed by atoms with van der Waals surface area (Å²) in [6, 6.07) is 0. The van der Waals surface area contributed by atoms with Crippen molar-refractivity contribution in [1.82, 2.24) is 19.5 Å². The third-order valence-corrected chi connectivity index (χ3v) is 18.1. The van der Waals surface area contributed by atoms with Crippen molar-refractivity contribution in [3.63, 3.8) is 0 Å². The number of hydrogen-bond donors (Lipinski definition) is 1. The number of imidazole rings is 1. The molecule has 8 nitrogen and oxygen atoms in total. The van der Waals surface area contributed by atoms with Crippen LogP contribution in [0.3, 0.4) is 0 Å². The van der Waals surface area contributed by atoms with Crippen LogP contribution >= 0.6 is 0 Å². The minimum Gasteiger partial charge on any atom is -0.411 e. The molecule has 4 rings (SSSR count). The van der Waals surface area contributed by atoms with Crippen LogP contribution in [-0.4, -0.2) is 54.0 Å². The van der Waals surface area contributed by atoms with Crippen molar-refractivity contribution in [2.24, 2.45) is 0 Å². The molecule has 2 aromatic rings. The minimum absolute atomic E-state index is 0.0117. The molecule has 1 aliphatic carbocycles. The Morgan fingerprint density at radius 3 is 2.17 bits per heavy atom. The van der Waals surface area contributed by atoms with E-state index in [-0.39, 0.29) is 28.5 Å². The fourth-order valence-corrected chi connectivity index (χ4v) is 7.60. The Labute approximate surface area is 212 Å². The summed E-state index contributed by atoms with van der Waals surface area (Å²) in [5, 5.41) is 0.226. The summed E-state index contributed by atoms with van der Waals surface area (Å²) >= 11 is 0. The monoisotopic (exact) mass is 519 g/mol. The summed E-state index contributed by atoms with van der Waals surface area (Å²) in [4.78, 5) is 13.1. The van der Waals surface area contributed by atoms with Crippen LogP contribution in [0, 0.1) is 0 Å². The molecule has 0 unspecified atom stereocenters. The van der Waals surface area contributed by atoms with Crippen molar-refractivity contribution in [3.05, 3.63) is 12.7 Å². The van der Waals surface area contributed by atoms with Gasteiger partial charge < -0.3 is 19.3 Å². The van der Waals surface area contributed by atoms with E-state index in [1.165, 1.54) is 6.33 Å². The highest BCUT2D eigenvalue weighted by molar-refractivity contribution is 6.74. The topological polar surface area (TPSA) is 97.3 Å². The highest BCUT2D eigenvalue weighted by Gasteiger charge is 2.61. The molecule has 1 saturated heterocycles. The van der Waals surface area contributed by atoms with Gasteiger partial charge in [0.1, 0.15) is 23.7 Å². The molecule has 2 fully saturated rings. The van der Waals surface area contributed by atoms with Crippen molar-refractivity contribution in [1.29, 1.82) is 0 Å². The second kappa shape index (κ2) is 8.61. The number of fused-ring (bicyclic) bond motifs is 1. The Hall–Kier alpha value is -1.34. The lowest BCUT2D eigenvalue weighted by Crippen LogP contribution is -2.57. The fourth-order valence-electron chi connectivity index (χ4n) is 4.85. The van der Waals surface area contributed by atoms with Gasteiger partial charge in [0.05, 0.1) is 18.5 Å². The quantitative estimate of drug-likeness (QED) is 0.482. The van der Waals surface area contributed by atoms with Crippen molar-refractivity contribution >= 4 is 33.6 Å². The van der Waals surface area contributed by atoms with Gasteiger partial charge in [0.25, 0.3) is 0 Å². The van der Waals surface area contributed by atoms with E-state index in [9.17, 15) is 0 Å². The van der Waals surface area contributed by atoms with Gasteiger partial charge in [0.2, 0.25) is 0 Å². The summed E-state index contributed by atoms with van der Waals surface area (Å²) in [5.74, 6) is 0.385. The Bertz CT molecular complexity index is 1080. The van der Waals surface area contributed by atoms with Crippen molar-refractivity contribution in [3.8, 4) is 0 Å². The smallest absolute Gasteiger partial charge is 0.192 e. The summed E-state index contributed by atoms with van der Waals surface area (Å²) in [6.07, 6.45) is 6.72. The van der Waals surface area contributed by atoms with Gasteiger partial charge in [0, 0.05) is 6.42 Å². The lowest BCUT2D eigenvalue weighted by atomic mass is 9.93. The molecule has 0 aromatic carbocycles. The van der Waals surface area contributed by atoms with Crippen molar-refractivity contribution in [2.75, 3.05) is 5.73 Å². The average molecular weight is 520 g/mol. The van der Waals surface area contributed by atoms with Crippen LogP contribution in [-0.2, 0) is 13.6 Å². The molecular weight excluding hydrogens is 474 g/mol. The third-order valence-electron chi connectivity index (χ3n) is 9.08. The van der Waals surface area contributed by atoms with E-state index in [1.807, 2.05) is 4.57 Å². The second-order valence-electron chi connectivity index (χ2n) is 13.5. The van der Waals surface area contributed by atoms with E-state index in [2.05, 4.69) is 82.7 Å². The SMILES string of the molecule is CC(C)(C)[Si](C)(C)O[C@H]1C[C@H](n2cnc3c(N)ncnc32)O[C@@]12CCC[C@H]2O[Si](C)(C)C(C)(C)C. The largest absolute Gasteiger partial charge is 0.411 e. The first-order valence-electron chi connectivity index (χ1n) is 12.9. The zero-order chi connectivity index (χ0) is 26.0. The third kappa shape index (κ3) is 4.61. The predicted molar refractivity (Wildman–Crippen MR) is 145 cm³/mol. The second-order valence-corrected chi connectivity index (χ2v) is 23.0. The first-order valence-corrected chi connectivity index (χ1v) is 18.8. The van der Waals surface area contributed by atoms with E-state index in [4.69, 9.17) is 19.3 Å². The number of anilines is 1. The molecule has 2 N–H and O–H groups in total. The molecule has 3 heterocycles. The standard InChI is InChI=1S/C25H45N5O3Si2/c1-23(2,3)34(7,8)32-17-12-11-13-25(17)18(33-35(9,10)24(4,5)6)14-19(31-25)30-16-29-20-21(26)27-15-28-22(20)30/h15-19H,11-14H2,1-10H3,(H2,26,27,28)/t17-,18+,19-,25-/m1/s1. The molecule has 4 atom stereocenters. The fraction of sp³-hybridized carbons (Fsp3) is 0.800. The highest BCUT2D eigenvalue weighted by Crippen LogP contribution is 2.53. The molecule has 1 spiro atoms. The van der Waals surface area contributed by atoms with Crippen LogP contribution in [0.5, 0.6) is 0 Å². The number of hydrogen-bond acceptors (Lipinski definition) is 7. The van der Waals surface area contributed by atoms with Crippen LogP contribution < -0.4 is 5.73 Å². The number of rotatable bonds is 5. The molecule has 1 aliphatic heterocycles. The summed E-state index contributed by atoms with van der Waals surface area (Å²) in [6.45, 7) is 23.1. The normalized spacial score (nSPS) is 28.5. The van der Waals surface area contributed by atoms with Gasteiger partial charge >= 0.3 is 0 Å². The lowest BCUT2D eigenvalue weighted by Gasteiger charge is -2.46. The van der Waals surface area contributed by atoms with Gasteiger partial charge in [0.15, 0.2) is 28.1 Å². The highest BCUT2D eigenvalue weighted by atomic mass is 28.4. The first-order chi connectivity index (χ1) is 16.0. The first kappa shape index (κ1) is 26.7. The Kier molecular flexibility index (Phi) is 6.57. The Morgan fingerprint density at radius 2 is 1.57 bits per heavy atom. The predicted octanol–water partition coefficient (Wildman–Crippen LogP) is 6.03. The van der Waals surface area contributed by atoms with Crippen LogP contribution in [0.4, 0.5) is 5.82 Å². The van der Waals surface area contributed by atoms with Gasteiger partial charge in [-0.25, -0.2) is 15.0 Å². The molecule has 35 heavy (non-hydrogen) atoms. The number of nitrogens with zero attached hydrogens (tertiary/aromatic N) is 4. The van der Waals surface area contributed by atoms with Gasteiger partial charge in [-0.05, 0) is 55.5 Å². The summed E-state index contributed by atoms with van der Waals surface area (Å²) in [5.41, 5.74) is 6.90. The van der Waals surface area contributed by atoms with Crippen LogP contribution in [0.25, 0.3) is 11.2 Å². The van der Waals surface area contributed by atoms with Gasteiger partial charge in [-0.3, -0.25) is 4.57 Å². The van der Waals surface area contributed by atoms with E-state index >= 15 is 0 Å². The molecule has 0 bridgehead atoms. The van der Waals surface area contributed by atoms with Crippen LogP contribution in [0.2, 0.25) is 36.3 Å². The maximum Gasteiger partial charge on any atom is 0.192 e. The molecule has 2 aromatic heterocycles. The molecule has 1 saturated carbocycles. The Balaban J connectivity index is 1.74. The molecule has 0 radical (unpaired) electrons. The lowest BCUT2D eigenvalue weighted by molar-refractivity contribution is -0.141. The van der Waals surface area contributed by atoms with Gasteiger partial charge in [-0.15, -0.1) is 0 Å². The number of nitrogens with two attached hydrogens (primary N) is 1. The molecule has 196 valence electrons.